The van der Waals surface area contributed by atoms with Gasteiger partial charge < -0.3 is 34.1 Å². The number of esters is 1. The zero-order valence-corrected chi connectivity index (χ0v) is 27.3. The van der Waals surface area contributed by atoms with E-state index >= 15 is 8.78 Å². The number of pyridine rings is 1. The zero-order valence-electron chi connectivity index (χ0n) is 27.3. The van der Waals surface area contributed by atoms with E-state index in [-0.39, 0.29) is 36.0 Å². The maximum Gasteiger partial charge on any atom is 0.329 e. The first kappa shape index (κ1) is 34.8. The molecule has 2 heterocycles. The van der Waals surface area contributed by atoms with Crippen molar-refractivity contribution >= 4 is 17.6 Å². The summed E-state index contributed by atoms with van der Waals surface area (Å²) >= 11 is 0. The van der Waals surface area contributed by atoms with Crippen molar-refractivity contribution in [1.29, 1.82) is 5.26 Å². The van der Waals surface area contributed by atoms with Crippen molar-refractivity contribution < 1.29 is 37.3 Å². The van der Waals surface area contributed by atoms with Gasteiger partial charge in [-0.2, -0.15) is 19.0 Å². The minimum Gasteiger partial charge on any atom is -0.485 e. The van der Waals surface area contributed by atoms with Crippen LogP contribution in [0.4, 0.5) is 14.5 Å². The van der Waals surface area contributed by atoms with Crippen LogP contribution in [0.3, 0.4) is 0 Å². The van der Waals surface area contributed by atoms with Crippen LogP contribution in [-0.4, -0.2) is 46.1 Å². The molecule has 1 unspecified atom stereocenters. The monoisotopic (exact) mass is 682 g/mol. The standard InChI is InChI=1S/C36H32F2N6O6/c1-4-47-36(46)26(19-29(40)45)44(3)32-30(37)34(49-25-12-8-11-24(18-25)33-41-15-16-43(33)2)42-35(31(32)38)50-28-17-23(20-39)13-14-27(28)48-21-22-9-6-5-7-10-22/h5-18,26H,4,19,21H2,1-3H3,(H2,40,45). The van der Waals surface area contributed by atoms with Gasteiger partial charge in [-0.25, -0.2) is 9.78 Å². The van der Waals surface area contributed by atoms with Gasteiger partial charge in [0.2, 0.25) is 17.5 Å². The third-order valence-corrected chi connectivity index (χ3v) is 7.41. The van der Waals surface area contributed by atoms with Crippen LogP contribution in [0.1, 0.15) is 24.5 Å². The summed E-state index contributed by atoms with van der Waals surface area (Å²) in [4.78, 5) is 34.1. The average Bonchev–Trinajstić information content (AvgIpc) is 3.54. The minimum atomic E-state index is -1.53. The number of nitrogens with zero attached hydrogens (tertiary/aromatic N) is 5. The van der Waals surface area contributed by atoms with E-state index in [2.05, 4.69) is 9.97 Å². The molecule has 0 aliphatic heterocycles. The van der Waals surface area contributed by atoms with Crippen LogP contribution in [0.25, 0.3) is 11.4 Å². The maximum absolute atomic E-state index is 16.5. The molecule has 0 bridgehead atoms. The Hall–Kier alpha value is -6.49. The number of amides is 1. The molecule has 2 N–H and O–H groups in total. The van der Waals surface area contributed by atoms with Gasteiger partial charge in [0.1, 0.15) is 29.9 Å². The first-order valence-electron chi connectivity index (χ1n) is 15.3. The lowest BCUT2D eigenvalue weighted by atomic mass is 10.1. The van der Waals surface area contributed by atoms with Gasteiger partial charge in [-0.15, -0.1) is 0 Å². The number of hydrogen-bond acceptors (Lipinski definition) is 10. The van der Waals surface area contributed by atoms with Crippen LogP contribution >= 0.6 is 0 Å². The number of rotatable bonds is 14. The first-order valence-corrected chi connectivity index (χ1v) is 15.3. The van der Waals surface area contributed by atoms with Gasteiger partial charge in [-0.1, -0.05) is 42.5 Å². The van der Waals surface area contributed by atoms with E-state index in [1.807, 2.05) is 36.4 Å². The van der Waals surface area contributed by atoms with Gasteiger partial charge in [0, 0.05) is 38.1 Å². The highest BCUT2D eigenvalue weighted by Crippen LogP contribution is 2.41. The number of ether oxygens (including phenoxy) is 4. The third kappa shape index (κ3) is 7.96. The Morgan fingerprint density at radius 1 is 1.00 bits per heavy atom. The predicted octanol–water partition coefficient (Wildman–Crippen LogP) is 6.04. The number of anilines is 1. The summed E-state index contributed by atoms with van der Waals surface area (Å²) in [5, 5.41) is 9.58. The molecule has 0 saturated heterocycles. The van der Waals surface area contributed by atoms with Gasteiger partial charge in [-0.05, 0) is 36.8 Å². The van der Waals surface area contributed by atoms with Crippen molar-refractivity contribution in [2.75, 3.05) is 18.6 Å². The van der Waals surface area contributed by atoms with Crippen molar-refractivity contribution in [2.45, 2.75) is 26.0 Å². The van der Waals surface area contributed by atoms with Gasteiger partial charge in [0.25, 0.3) is 11.8 Å². The molecule has 0 aliphatic carbocycles. The van der Waals surface area contributed by atoms with Crippen LogP contribution in [0.2, 0.25) is 0 Å². The molecule has 0 aliphatic rings. The van der Waals surface area contributed by atoms with Gasteiger partial charge in [0.15, 0.2) is 11.5 Å². The first-order chi connectivity index (χ1) is 24.1. The number of likely N-dealkylation sites (N-methyl/N-ethyl adjacent to an activating group) is 1. The second kappa shape index (κ2) is 15.6. The Bertz CT molecular complexity index is 2050. The number of primary amides is 1. The second-order valence-corrected chi connectivity index (χ2v) is 10.9. The smallest absolute Gasteiger partial charge is 0.329 e. The van der Waals surface area contributed by atoms with Gasteiger partial charge >= 0.3 is 5.97 Å². The lowest BCUT2D eigenvalue weighted by Gasteiger charge is -2.28. The molecule has 256 valence electrons. The minimum absolute atomic E-state index is 0.0701. The van der Waals surface area contributed by atoms with Crippen LogP contribution in [0, 0.1) is 23.0 Å². The average molecular weight is 683 g/mol. The molecular formula is C36H32F2N6O6. The van der Waals surface area contributed by atoms with Crippen molar-refractivity contribution in [1.82, 2.24) is 14.5 Å². The molecule has 0 radical (unpaired) electrons. The number of imidazole rings is 1. The lowest BCUT2D eigenvalue weighted by molar-refractivity contribution is -0.146. The Morgan fingerprint density at radius 2 is 1.74 bits per heavy atom. The summed E-state index contributed by atoms with van der Waals surface area (Å²) < 4.78 is 57.5. The fraction of sp³-hybridized carbons (Fsp3) is 0.194. The molecule has 5 rings (SSSR count). The number of halogens is 2. The van der Waals surface area contributed by atoms with Crippen LogP contribution in [0.5, 0.6) is 29.0 Å². The molecule has 1 atom stereocenters. The number of aromatic nitrogens is 3. The highest BCUT2D eigenvalue weighted by Gasteiger charge is 2.34. The van der Waals surface area contributed by atoms with Gasteiger partial charge in [-0.3, -0.25) is 4.79 Å². The van der Waals surface area contributed by atoms with Crippen molar-refractivity contribution in [3.63, 3.8) is 0 Å². The van der Waals surface area contributed by atoms with E-state index in [9.17, 15) is 14.9 Å². The lowest BCUT2D eigenvalue weighted by Crippen LogP contribution is -2.43. The van der Waals surface area contributed by atoms with Gasteiger partial charge in [0.05, 0.1) is 24.7 Å². The quantitative estimate of drug-likeness (QED) is 0.137. The molecule has 50 heavy (non-hydrogen) atoms. The number of aryl methyl sites for hydroxylation is 1. The van der Waals surface area contributed by atoms with E-state index in [1.165, 1.54) is 38.2 Å². The van der Waals surface area contributed by atoms with E-state index < -0.39 is 53.4 Å². The highest BCUT2D eigenvalue weighted by atomic mass is 19.1. The highest BCUT2D eigenvalue weighted by molar-refractivity contribution is 5.87. The van der Waals surface area contributed by atoms with Crippen molar-refractivity contribution in [3.05, 3.63) is 108 Å². The molecule has 0 saturated carbocycles. The molecule has 0 spiro atoms. The Labute approximate surface area is 286 Å². The largest absolute Gasteiger partial charge is 0.485 e. The fourth-order valence-electron chi connectivity index (χ4n) is 4.97. The topological polar surface area (TPSA) is 155 Å². The van der Waals surface area contributed by atoms with E-state index in [0.29, 0.717) is 11.4 Å². The normalized spacial score (nSPS) is 11.3. The Morgan fingerprint density at radius 3 is 2.40 bits per heavy atom. The summed E-state index contributed by atoms with van der Waals surface area (Å²) in [6, 6.07) is 20.4. The number of nitriles is 1. The Kier molecular flexibility index (Phi) is 10.9. The number of carbonyl (C=O) groups is 2. The maximum atomic E-state index is 16.5. The van der Waals surface area contributed by atoms with Crippen LogP contribution in [0.15, 0.2) is 85.2 Å². The number of benzene rings is 3. The second-order valence-electron chi connectivity index (χ2n) is 10.9. The summed E-state index contributed by atoms with van der Waals surface area (Å²) in [7, 11) is 2.99. The van der Waals surface area contributed by atoms with E-state index in [0.717, 1.165) is 10.5 Å². The summed E-state index contributed by atoms with van der Waals surface area (Å²) in [5.41, 5.74) is 6.17. The fourth-order valence-corrected chi connectivity index (χ4v) is 4.97. The van der Waals surface area contributed by atoms with E-state index in [4.69, 9.17) is 24.7 Å². The van der Waals surface area contributed by atoms with Crippen LogP contribution in [-0.2, 0) is 28.0 Å². The number of hydrogen-bond donors (Lipinski definition) is 1. The molecule has 1 amide bonds. The number of nitrogens with two attached hydrogens (primary N) is 1. The molecule has 2 aromatic heterocycles. The Balaban J connectivity index is 1.61. The molecule has 14 heteroatoms. The predicted molar refractivity (Wildman–Crippen MR) is 178 cm³/mol. The summed E-state index contributed by atoms with van der Waals surface area (Å²) in [5.74, 6) is -5.34. The van der Waals surface area contributed by atoms with E-state index in [1.54, 1.807) is 42.2 Å². The van der Waals surface area contributed by atoms with Crippen molar-refractivity contribution in [2.24, 2.45) is 12.8 Å². The molecule has 3 aromatic carbocycles. The molecule has 12 nitrogen and oxygen atoms in total. The van der Waals surface area contributed by atoms with Crippen molar-refractivity contribution in [3.8, 4) is 46.5 Å². The number of carbonyl (C=O) groups excluding carboxylic acids is 2. The zero-order chi connectivity index (χ0) is 35.8. The summed E-state index contributed by atoms with van der Waals surface area (Å²) in [6.45, 7) is 1.57. The third-order valence-electron chi connectivity index (χ3n) is 7.41. The SMILES string of the molecule is CCOC(=O)C(CC(N)=O)N(C)c1c(F)c(Oc2cccc(-c3nccn3C)c2)nc(Oc2cc(C#N)ccc2OCc2ccccc2)c1F. The summed E-state index contributed by atoms with van der Waals surface area (Å²) in [6.07, 6.45) is 2.73. The molecule has 5 aromatic rings. The molecule has 0 fully saturated rings. The molecular weight excluding hydrogens is 650 g/mol. The van der Waals surface area contributed by atoms with Crippen LogP contribution < -0.4 is 24.8 Å².